The molecule has 0 saturated carbocycles. The zero-order valence-electron chi connectivity index (χ0n) is 18.1. The van der Waals surface area contributed by atoms with E-state index in [4.69, 9.17) is 27.9 Å². The second-order valence-electron chi connectivity index (χ2n) is 7.61. The number of esters is 1. The van der Waals surface area contributed by atoms with Crippen molar-refractivity contribution in [1.29, 1.82) is 0 Å². The van der Waals surface area contributed by atoms with Gasteiger partial charge in [0.15, 0.2) is 0 Å². The van der Waals surface area contributed by atoms with Gasteiger partial charge in [-0.1, -0.05) is 76.8 Å². The van der Waals surface area contributed by atoms with Crippen molar-refractivity contribution in [1.82, 2.24) is 0 Å². The Morgan fingerprint density at radius 3 is 1.86 bits per heavy atom. The number of benzene rings is 1. The maximum atomic E-state index is 12.0. The van der Waals surface area contributed by atoms with Crippen LogP contribution < -0.4 is 4.90 Å². The first kappa shape index (κ1) is 26.1. The highest BCUT2D eigenvalue weighted by atomic mass is 35.5. The van der Waals surface area contributed by atoms with Gasteiger partial charge >= 0.3 is 5.97 Å². The van der Waals surface area contributed by atoms with Gasteiger partial charge in [0.2, 0.25) is 0 Å². The normalized spacial score (nSPS) is 10.9. The van der Waals surface area contributed by atoms with Gasteiger partial charge < -0.3 is 9.64 Å². The lowest BCUT2D eigenvalue weighted by atomic mass is 10.1. The van der Waals surface area contributed by atoms with E-state index in [-0.39, 0.29) is 5.97 Å². The Balaban J connectivity index is 2.12. The van der Waals surface area contributed by atoms with E-state index in [1.165, 1.54) is 51.4 Å². The molecule has 0 amide bonds. The molecule has 0 saturated heterocycles. The maximum absolute atomic E-state index is 12.0. The Bertz CT molecular complexity index is 516. The Labute approximate surface area is 188 Å². The third-order valence-electron chi connectivity index (χ3n) is 5.12. The highest BCUT2D eigenvalue weighted by molar-refractivity contribution is 6.18. The highest BCUT2D eigenvalue weighted by Crippen LogP contribution is 2.16. The number of carbonyl (C=O) groups excluding carboxylic acids is 1. The van der Waals surface area contributed by atoms with Crippen molar-refractivity contribution >= 4 is 34.9 Å². The fourth-order valence-corrected chi connectivity index (χ4v) is 3.80. The number of nitrogens with zero attached hydrogens (tertiary/aromatic N) is 1. The number of rotatable bonds is 18. The molecule has 1 rings (SSSR count). The lowest BCUT2D eigenvalue weighted by Gasteiger charge is -2.23. The topological polar surface area (TPSA) is 29.5 Å². The van der Waals surface area contributed by atoms with Gasteiger partial charge in [-0.05, 0) is 24.1 Å². The summed E-state index contributed by atoms with van der Waals surface area (Å²) < 4.78 is 5.39. The fourth-order valence-electron chi connectivity index (χ4n) is 3.39. The monoisotopic (exact) mass is 443 g/mol. The summed E-state index contributed by atoms with van der Waals surface area (Å²) in [5.41, 5.74) is 2.05. The van der Waals surface area contributed by atoms with Crippen molar-refractivity contribution in [2.75, 3.05) is 36.4 Å². The first-order chi connectivity index (χ1) is 14.2. The van der Waals surface area contributed by atoms with Gasteiger partial charge in [0.25, 0.3) is 0 Å². The quantitative estimate of drug-likeness (QED) is 0.139. The van der Waals surface area contributed by atoms with Crippen molar-refractivity contribution in [3.63, 3.8) is 0 Å². The predicted octanol–water partition coefficient (Wildman–Crippen LogP) is 6.98. The molecule has 29 heavy (non-hydrogen) atoms. The van der Waals surface area contributed by atoms with E-state index in [1.807, 2.05) is 24.3 Å². The minimum atomic E-state index is -0.146. The molecule has 0 atom stereocenters. The minimum absolute atomic E-state index is 0.146. The molecule has 166 valence electrons. The van der Waals surface area contributed by atoms with Gasteiger partial charge in [-0.25, -0.2) is 0 Å². The van der Waals surface area contributed by atoms with Gasteiger partial charge in [-0.3, -0.25) is 4.79 Å². The lowest BCUT2D eigenvalue weighted by molar-refractivity contribution is -0.142. The SMILES string of the molecule is CCCCCCCCCCCCOC(=O)Cc1ccc(N(CCCl)CCCl)cc1. The number of anilines is 1. The van der Waals surface area contributed by atoms with E-state index >= 15 is 0 Å². The summed E-state index contributed by atoms with van der Waals surface area (Å²) in [6.07, 6.45) is 13.1. The van der Waals surface area contributed by atoms with Crippen molar-refractivity contribution in [2.24, 2.45) is 0 Å². The van der Waals surface area contributed by atoms with E-state index in [9.17, 15) is 4.79 Å². The molecular formula is C24H39Cl2NO2. The summed E-state index contributed by atoms with van der Waals surface area (Å²) in [6, 6.07) is 7.99. The molecule has 1 aromatic rings. The van der Waals surface area contributed by atoms with Gasteiger partial charge in [-0.15, -0.1) is 23.2 Å². The fraction of sp³-hybridized carbons (Fsp3) is 0.708. The summed E-state index contributed by atoms with van der Waals surface area (Å²) in [5.74, 6) is 0.973. The Morgan fingerprint density at radius 2 is 1.34 bits per heavy atom. The van der Waals surface area contributed by atoms with Crippen molar-refractivity contribution in [3.8, 4) is 0 Å². The van der Waals surface area contributed by atoms with Gasteiger partial charge in [0.05, 0.1) is 13.0 Å². The molecule has 0 aliphatic heterocycles. The van der Waals surface area contributed by atoms with Crippen LogP contribution in [0.25, 0.3) is 0 Å². The summed E-state index contributed by atoms with van der Waals surface area (Å²) in [7, 11) is 0. The average Bonchev–Trinajstić information content (AvgIpc) is 2.72. The molecule has 1 aromatic carbocycles. The standard InChI is InChI=1S/C24H39Cl2NO2/c1-2-3-4-5-6-7-8-9-10-11-20-29-24(28)21-22-12-14-23(15-13-22)27(18-16-25)19-17-26/h12-15H,2-11,16-21H2,1H3. The molecule has 0 fully saturated rings. The zero-order chi connectivity index (χ0) is 21.2. The number of hydrogen-bond donors (Lipinski definition) is 0. The van der Waals surface area contributed by atoms with Crippen LogP contribution in [0.15, 0.2) is 24.3 Å². The predicted molar refractivity (Wildman–Crippen MR) is 127 cm³/mol. The number of alkyl halides is 2. The van der Waals surface area contributed by atoms with Crippen LogP contribution in [-0.2, 0) is 16.0 Å². The maximum Gasteiger partial charge on any atom is 0.310 e. The van der Waals surface area contributed by atoms with Crippen molar-refractivity contribution in [2.45, 2.75) is 77.6 Å². The van der Waals surface area contributed by atoms with Crippen LogP contribution in [0.4, 0.5) is 5.69 Å². The second kappa shape index (κ2) is 17.9. The first-order valence-corrected chi connectivity index (χ1v) is 12.4. The largest absolute Gasteiger partial charge is 0.465 e. The molecular weight excluding hydrogens is 405 g/mol. The third kappa shape index (κ3) is 13.1. The van der Waals surface area contributed by atoms with E-state index in [0.717, 1.165) is 37.2 Å². The molecule has 0 heterocycles. The number of unbranched alkanes of at least 4 members (excludes halogenated alkanes) is 9. The summed E-state index contributed by atoms with van der Waals surface area (Å²) in [4.78, 5) is 14.2. The van der Waals surface area contributed by atoms with Crippen molar-refractivity contribution in [3.05, 3.63) is 29.8 Å². The second-order valence-corrected chi connectivity index (χ2v) is 8.37. The number of ether oxygens (including phenoxy) is 1. The molecule has 0 aliphatic carbocycles. The summed E-state index contributed by atoms with van der Waals surface area (Å²) in [5, 5.41) is 0. The van der Waals surface area contributed by atoms with E-state index in [2.05, 4.69) is 11.8 Å². The molecule has 0 bridgehead atoms. The van der Waals surface area contributed by atoms with Crippen LogP contribution in [0, 0.1) is 0 Å². The molecule has 0 spiro atoms. The van der Waals surface area contributed by atoms with E-state index in [0.29, 0.717) is 24.8 Å². The number of hydrogen-bond acceptors (Lipinski definition) is 3. The minimum Gasteiger partial charge on any atom is -0.465 e. The van der Waals surface area contributed by atoms with Gasteiger partial charge in [0.1, 0.15) is 0 Å². The highest BCUT2D eigenvalue weighted by Gasteiger charge is 2.08. The summed E-state index contributed by atoms with van der Waals surface area (Å²) in [6.45, 7) is 4.31. The van der Waals surface area contributed by atoms with Crippen molar-refractivity contribution < 1.29 is 9.53 Å². The van der Waals surface area contributed by atoms with Gasteiger partial charge in [-0.2, -0.15) is 0 Å². The molecule has 3 nitrogen and oxygen atoms in total. The van der Waals surface area contributed by atoms with E-state index in [1.54, 1.807) is 0 Å². The summed E-state index contributed by atoms with van der Waals surface area (Å²) >= 11 is 11.7. The van der Waals surface area contributed by atoms with Crippen LogP contribution in [0.3, 0.4) is 0 Å². The molecule has 0 aliphatic rings. The molecule has 0 N–H and O–H groups in total. The van der Waals surface area contributed by atoms with Crippen LogP contribution in [0.1, 0.15) is 76.7 Å². The number of halogens is 2. The molecule has 0 aromatic heterocycles. The van der Waals surface area contributed by atoms with Crippen LogP contribution in [0.2, 0.25) is 0 Å². The number of carbonyl (C=O) groups is 1. The van der Waals surface area contributed by atoms with E-state index < -0.39 is 0 Å². The average molecular weight is 444 g/mol. The van der Waals surface area contributed by atoms with Crippen LogP contribution >= 0.6 is 23.2 Å². The zero-order valence-corrected chi connectivity index (χ0v) is 19.7. The Kier molecular flexibility index (Phi) is 16.1. The Hall–Kier alpha value is -0.930. The first-order valence-electron chi connectivity index (χ1n) is 11.3. The van der Waals surface area contributed by atoms with Crippen LogP contribution in [0.5, 0.6) is 0 Å². The smallest absolute Gasteiger partial charge is 0.310 e. The van der Waals surface area contributed by atoms with Crippen LogP contribution in [-0.4, -0.2) is 37.4 Å². The molecule has 5 heteroatoms. The third-order valence-corrected chi connectivity index (χ3v) is 5.46. The Morgan fingerprint density at radius 1 is 0.828 bits per heavy atom. The lowest BCUT2D eigenvalue weighted by Crippen LogP contribution is -2.27. The molecule has 0 unspecified atom stereocenters. The molecule has 0 radical (unpaired) electrons. The van der Waals surface area contributed by atoms with Gasteiger partial charge in [0, 0.05) is 30.5 Å².